The fraction of sp³-hybridized carbons (Fsp3) is 0.333. The molecule has 0 spiro atoms. The number of hydrogen-bond donors (Lipinski definition) is 1. The van der Waals surface area contributed by atoms with E-state index in [9.17, 15) is 9.18 Å². The van der Waals surface area contributed by atoms with Gasteiger partial charge in [0.05, 0.1) is 0 Å². The van der Waals surface area contributed by atoms with Crippen molar-refractivity contribution in [1.82, 2.24) is 4.98 Å². The molecule has 2 N–H and O–H groups in total. The lowest BCUT2D eigenvalue weighted by Gasteiger charge is -2.40. The predicted octanol–water partition coefficient (Wildman–Crippen LogP) is 0.285. The van der Waals surface area contributed by atoms with Gasteiger partial charge in [0.2, 0.25) is 11.9 Å². The highest BCUT2D eigenvalue weighted by molar-refractivity contribution is 5.85. The fourth-order valence-electron chi connectivity index (χ4n) is 1.56. The van der Waals surface area contributed by atoms with Crippen LogP contribution in [0.5, 0.6) is 0 Å². The first-order chi connectivity index (χ1) is 6.68. The lowest BCUT2D eigenvalue weighted by atomic mass is 10.0. The van der Waals surface area contributed by atoms with Crippen LogP contribution < -0.4 is 10.6 Å². The van der Waals surface area contributed by atoms with Crippen molar-refractivity contribution in [2.75, 3.05) is 11.4 Å². The molecule has 0 saturated carbocycles. The highest BCUT2D eigenvalue weighted by Crippen LogP contribution is 2.25. The van der Waals surface area contributed by atoms with Crippen molar-refractivity contribution in [3.8, 4) is 0 Å². The molecule has 0 aromatic carbocycles. The molecule has 74 valence electrons. The number of hydrogen-bond acceptors (Lipinski definition) is 3. The summed E-state index contributed by atoms with van der Waals surface area (Å²) in [5.74, 6) is -0.911. The van der Waals surface area contributed by atoms with Gasteiger partial charge in [-0.3, -0.25) is 4.79 Å². The summed E-state index contributed by atoms with van der Waals surface area (Å²) in [6, 6.07) is 2.67. The second-order valence-corrected chi connectivity index (χ2v) is 3.24. The van der Waals surface area contributed by atoms with Gasteiger partial charge in [-0.05, 0) is 12.5 Å². The number of carbonyl (C=O) groups is 1. The van der Waals surface area contributed by atoms with Gasteiger partial charge >= 0.3 is 0 Å². The van der Waals surface area contributed by atoms with Crippen molar-refractivity contribution >= 4 is 11.6 Å². The van der Waals surface area contributed by atoms with Crippen LogP contribution in [0.2, 0.25) is 0 Å². The van der Waals surface area contributed by atoms with Crippen LogP contribution >= 0.6 is 0 Å². The normalized spacial score (nSPS) is 20.4. The van der Waals surface area contributed by atoms with Gasteiger partial charge in [0.15, 0.2) is 0 Å². The van der Waals surface area contributed by atoms with Gasteiger partial charge in [-0.2, -0.15) is 4.39 Å². The van der Waals surface area contributed by atoms with Crippen LogP contribution in [0.4, 0.5) is 10.1 Å². The summed E-state index contributed by atoms with van der Waals surface area (Å²) in [6.45, 7) is 0.733. The third-order valence-corrected chi connectivity index (χ3v) is 2.39. The van der Waals surface area contributed by atoms with E-state index in [0.717, 1.165) is 13.0 Å². The monoisotopic (exact) mass is 195 g/mol. The van der Waals surface area contributed by atoms with E-state index in [1.807, 2.05) is 0 Å². The first-order valence-electron chi connectivity index (χ1n) is 4.36. The van der Waals surface area contributed by atoms with E-state index in [4.69, 9.17) is 5.73 Å². The topological polar surface area (TPSA) is 59.2 Å². The molecule has 1 saturated heterocycles. The van der Waals surface area contributed by atoms with Crippen LogP contribution in [-0.2, 0) is 4.79 Å². The first-order valence-corrected chi connectivity index (χ1v) is 4.36. The Kier molecular flexibility index (Phi) is 2.07. The second-order valence-electron chi connectivity index (χ2n) is 3.24. The number of nitrogens with two attached hydrogens (primary N) is 1. The van der Waals surface area contributed by atoms with Crippen molar-refractivity contribution in [1.29, 1.82) is 0 Å². The summed E-state index contributed by atoms with van der Waals surface area (Å²) in [7, 11) is 0. The predicted molar refractivity (Wildman–Crippen MR) is 49.1 cm³/mol. The van der Waals surface area contributed by atoms with Gasteiger partial charge in [-0.15, -0.1) is 0 Å². The minimum atomic E-state index is -0.544. The van der Waals surface area contributed by atoms with Gasteiger partial charge in [0, 0.05) is 24.5 Å². The van der Waals surface area contributed by atoms with Crippen LogP contribution in [0.25, 0.3) is 0 Å². The van der Waals surface area contributed by atoms with E-state index in [0.29, 0.717) is 5.69 Å². The summed E-state index contributed by atoms with van der Waals surface area (Å²) >= 11 is 0. The molecule has 1 aliphatic heterocycles. The Morgan fingerprint density at radius 1 is 1.71 bits per heavy atom. The highest BCUT2D eigenvalue weighted by atomic mass is 19.1. The Morgan fingerprint density at radius 2 is 2.50 bits per heavy atom. The summed E-state index contributed by atoms with van der Waals surface area (Å²) < 4.78 is 12.8. The maximum Gasteiger partial charge on any atom is 0.240 e. The van der Waals surface area contributed by atoms with Crippen LogP contribution in [0.15, 0.2) is 18.3 Å². The minimum Gasteiger partial charge on any atom is -0.368 e. The number of primary amides is 1. The Bertz CT molecular complexity index is 369. The Labute approximate surface area is 80.5 Å². The van der Waals surface area contributed by atoms with E-state index >= 15 is 0 Å². The van der Waals surface area contributed by atoms with Crippen molar-refractivity contribution in [2.24, 2.45) is 5.73 Å². The number of carbonyl (C=O) groups excluding carboxylic acids is 1. The largest absolute Gasteiger partial charge is 0.368 e. The SMILES string of the molecule is NC(=O)C1CCN1c1ccnc(F)c1. The molecule has 1 aromatic rings. The van der Waals surface area contributed by atoms with E-state index in [1.165, 1.54) is 12.3 Å². The van der Waals surface area contributed by atoms with Crippen molar-refractivity contribution < 1.29 is 9.18 Å². The quantitative estimate of drug-likeness (QED) is 0.690. The number of amides is 1. The molecule has 1 aromatic heterocycles. The Hall–Kier alpha value is -1.65. The number of rotatable bonds is 2. The third-order valence-electron chi connectivity index (χ3n) is 2.39. The summed E-state index contributed by atoms with van der Waals surface area (Å²) in [5.41, 5.74) is 5.83. The first kappa shape index (κ1) is 8.93. The second kappa shape index (κ2) is 3.25. The molecular formula is C9H10FN3O. The standard InChI is InChI=1S/C9H10FN3O/c10-8-5-6(1-3-12-8)13-4-2-7(13)9(11)14/h1,3,5,7H,2,4H2,(H2,11,14). The zero-order chi connectivity index (χ0) is 10.1. The van der Waals surface area contributed by atoms with Gasteiger partial charge in [-0.1, -0.05) is 0 Å². The van der Waals surface area contributed by atoms with Crippen molar-refractivity contribution in [2.45, 2.75) is 12.5 Å². The van der Waals surface area contributed by atoms with Gasteiger partial charge in [0.25, 0.3) is 0 Å². The van der Waals surface area contributed by atoms with Gasteiger partial charge in [0.1, 0.15) is 6.04 Å². The van der Waals surface area contributed by atoms with Crippen LogP contribution in [0.3, 0.4) is 0 Å². The summed E-state index contributed by atoms with van der Waals surface area (Å²) in [6.07, 6.45) is 2.11. The number of nitrogens with zero attached hydrogens (tertiary/aromatic N) is 2. The average Bonchev–Trinajstić information content (AvgIpc) is 2.00. The maximum atomic E-state index is 12.8. The van der Waals surface area contributed by atoms with E-state index in [1.54, 1.807) is 11.0 Å². The van der Waals surface area contributed by atoms with Crippen molar-refractivity contribution in [3.63, 3.8) is 0 Å². The van der Waals surface area contributed by atoms with E-state index < -0.39 is 5.95 Å². The molecule has 0 bridgehead atoms. The highest BCUT2D eigenvalue weighted by Gasteiger charge is 2.32. The molecule has 2 heterocycles. The smallest absolute Gasteiger partial charge is 0.240 e. The number of anilines is 1. The van der Waals surface area contributed by atoms with Gasteiger partial charge < -0.3 is 10.6 Å². The van der Waals surface area contributed by atoms with Crippen molar-refractivity contribution in [3.05, 3.63) is 24.3 Å². The Morgan fingerprint density at radius 3 is 3.00 bits per heavy atom. The molecule has 0 radical (unpaired) electrons. The summed E-state index contributed by atoms with van der Waals surface area (Å²) in [4.78, 5) is 16.1. The molecule has 4 nitrogen and oxygen atoms in total. The number of aromatic nitrogens is 1. The molecule has 0 aliphatic carbocycles. The molecular weight excluding hydrogens is 185 g/mol. The maximum absolute atomic E-state index is 12.8. The molecule has 5 heteroatoms. The van der Waals surface area contributed by atoms with Crippen LogP contribution in [0.1, 0.15) is 6.42 Å². The third kappa shape index (κ3) is 1.41. The zero-order valence-electron chi connectivity index (χ0n) is 7.48. The number of halogens is 1. The summed E-state index contributed by atoms with van der Waals surface area (Å²) in [5, 5.41) is 0. The average molecular weight is 195 g/mol. The van der Waals surface area contributed by atoms with E-state index in [2.05, 4.69) is 4.98 Å². The van der Waals surface area contributed by atoms with Crippen LogP contribution in [0, 0.1) is 5.95 Å². The number of pyridine rings is 1. The minimum absolute atomic E-state index is 0.295. The molecule has 2 rings (SSSR count). The Balaban J connectivity index is 2.20. The molecule has 1 fully saturated rings. The van der Waals surface area contributed by atoms with Crippen LogP contribution in [-0.4, -0.2) is 23.5 Å². The van der Waals surface area contributed by atoms with E-state index in [-0.39, 0.29) is 11.9 Å². The fourth-order valence-corrected chi connectivity index (χ4v) is 1.56. The molecule has 1 aliphatic rings. The lowest BCUT2D eigenvalue weighted by Crippen LogP contribution is -2.55. The molecule has 1 amide bonds. The van der Waals surface area contributed by atoms with Gasteiger partial charge in [-0.25, -0.2) is 4.98 Å². The molecule has 1 atom stereocenters. The zero-order valence-corrected chi connectivity index (χ0v) is 7.48. The molecule has 1 unspecified atom stereocenters. The molecule has 14 heavy (non-hydrogen) atoms. The lowest BCUT2D eigenvalue weighted by molar-refractivity contribution is -0.120.